The molecule has 0 unspecified atom stereocenters. The van der Waals surface area contributed by atoms with Crippen LogP contribution in [0.2, 0.25) is 0 Å². The van der Waals surface area contributed by atoms with E-state index >= 15 is 0 Å². The molecule has 0 aromatic heterocycles. The van der Waals surface area contributed by atoms with Gasteiger partial charge in [-0.25, -0.2) is 0 Å². The van der Waals surface area contributed by atoms with E-state index in [1.807, 2.05) is 0 Å². The standard InChI is InChI=1S/C19H36N2O/c20-19(16-9-5-4-6-10-16)15-21(13-17(19)14-22)18-11-7-2-1-3-8-12-18/h16-18,22H,1-15,20H2/t17-,19+/m0/s1. The van der Waals surface area contributed by atoms with E-state index in [1.54, 1.807) is 0 Å². The van der Waals surface area contributed by atoms with E-state index in [9.17, 15) is 5.11 Å². The quantitative estimate of drug-likeness (QED) is 0.841. The second-order valence-corrected chi connectivity index (χ2v) is 8.26. The van der Waals surface area contributed by atoms with Gasteiger partial charge >= 0.3 is 0 Å². The van der Waals surface area contributed by atoms with E-state index < -0.39 is 0 Å². The summed E-state index contributed by atoms with van der Waals surface area (Å²) in [7, 11) is 0. The Hall–Kier alpha value is -0.120. The summed E-state index contributed by atoms with van der Waals surface area (Å²) in [6.07, 6.45) is 16.3. The minimum Gasteiger partial charge on any atom is -0.396 e. The molecule has 2 saturated carbocycles. The molecule has 3 rings (SSSR count). The molecule has 2 atom stereocenters. The summed E-state index contributed by atoms with van der Waals surface area (Å²) in [6, 6.07) is 0.725. The minimum atomic E-state index is -0.127. The molecule has 1 aliphatic heterocycles. The van der Waals surface area contributed by atoms with Crippen LogP contribution < -0.4 is 5.73 Å². The zero-order chi connectivity index (χ0) is 15.4. The molecule has 3 aliphatic rings. The van der Waals surface area contributed by atoms with Crippen molar-refractivity contribution in [2.24, 2.45) is 17.6 Å². The molecule has 2 aliphatic carbocycles. The van der Waals surface area contributed by atoms with Crippen molar-refractivity contribution < 1.29 is 5.11 Å². The summed E-state index contributed by atoms with van der Waals surface area (Å²) >= 11 is 0. The highest BCUT2D eigenvalue weighted by Gasteiger charge is 2.49. The molecular formula is C19H36N2O. The fourth-order valence-corrected chi connectivity index (χ4v) is 5.41. The summed E-state index contributed by atoms with van der Waals surface area (Å²) in [5.41, 5.74) is 6.83. The lowest BCUT2D eigenvalue weighted by Gasteiger charge is -2.40. The highest BCUT2D eigenvalue weighted by molar-refractivity contribution is 5.06. The van der Waals surface area contributed by atoms with Crippen molar-refractivity contribution in [1.82, 2.24) is 4.90 Å². The van der Waals surface area contributed by atoms with Crippen LogP contribution in [0, 0.1) is 11.8 Å². The molecule has 0 aromatic carbocycles. The predicted molar refractivity (Wildman–Crippen MR) is 91.7 cm³/mol. The molecule has 3 fully saturated rings. The summed E-state index contributed by atoms with van der Waals surface area (Å²) in [6.45, 7) is 2.35. The smallest absolute Gasteiger partial charge is 0.0489 e. The first-order chi connectivity index (χ1) is 10.7. The van der Waals surface area contributed by atoms with Gasteiger partial charge in [0.15, 0.2) is 0 Å². The van der Waals surface area contributed by atoms with Crippen LogP contribution in [0.3, 0.4) is 0 Å². The maximum atomic E-state index is 9.94. The molecule has 3 nitrogen and oxygen atoms in total. The maximum absolute atomic E-state index is 9.94. The van der Waals surface area contributed by atoms with Gasteiger partial charge in [-0.2, -0.15) is 0 Å². The number of nitrogens with two attached hydrogens (primary N) is 1. The van der Waals surface area contributed by atoms with Crippen LogP contribution in [-0.4, -0.2) is 41.3 Å². The largest absolute Gasteiger partial charge is 0.396 e. The fourth-order valence-electron chi connectivity index (χ4n) is 5.41. The molecule has 3 heteroatoms. The Morgan fingerprint density at radius 2 is 1.41 bits per heavy atom. The SMILES string of the molecule is N[C@@]1(C2CCCCC2)CN(C2CCCCCCC2)C[C@H]1CO. The monoisotopic (exact) mass is 308 g/mol. The Labute approximate surface area is 136 Å². The van der Waals surface area contributed by atoms with E-state index in [4.69, 9.17) is 5.73 Å². The lowest BCUT2D eigenvalue weighted by molar-refractivity contribution is 0.120. The summed E-state index contributed by atoms with van der Waals surface area (Å²) in [5.74, 6) is 0.929. The highest BCUT2D eigenvalue weighted by Crippen LogP contribution is 2.41. The first kappa shape index (κ1) is 16.7. The minimum absolute atomic E-state index is 0.127. The molecule has 1 saturated heterocycles. The van der Waals surface area contributed by atoms with Gasteiger partial charge < -0.3 is 10.8 Å². The van der Waals surface area contributed by atoms with Crippen LogP contribution in [-0.2, 0) is 0 Å². The number of aliphatic hydroxyl groups excluding tert-OH is 1. The van der Waals surface area contributed by atoms with Gasteiger partial charge in [0.05, 0.1) is 0 Å². The second-order valence-electron chi connectivity index (χ2n) is 8.26. The van der Waals surface area contributed by atoms with E-state index in [0.29, 0.717) is 11.8 Å². The van der Waals surface area contributed by atoms with Crippen LogP contribution in [0.1, 0.15) is 77.0 Å². The van der Waals surface area contributed by atoms with Gasteiger partial charge in [-0.3, -0.25) is 4.90 Å². The van der Waals surface area contributed by atoms with Crippen molar-refractivity contribution >= 4 is 0 Å². The molecule has 1 heterocycles. The Morgan fingerprint density at radius 3 is 2.05 bits per heavy atom. The number of likely N-dealkylation sites (tertiary alicyclic amines) is 1. The third kappa shape index (κ3) is 3.52. The molecule has 0 radical (unpaired) electrons. The first-order valence-corrected chi connectivity index (χ1v) is 9.88. The lowest BCUT2D eigenvalue weighted by Crippen LogP contribution is -2.55. The molecule has 0 aromatic rings. The van der Waals surface area contributed by atoms with E-state index in [-0.39, 0.29) is 12.1 Å². The van der Waals surface area contributed by atoms with Crippen molar-refractivity contribution in [2.75, 3.05) is 19.7 Å². The van der Waals surface area contributed by atoms with E-state index in [1.165, 1.54) is 77.0 Å². The zero-order valence-electron chi connectivity index (χ0n) is 14.3. The maximum Gasteiger partial charge on any atom is 0.0489 e. The average Bonchev–Trinajstić information content (AvgIpc) is 2.86. The normalized spacial score (nSPS) is 37.1. The van der Waals surface area contributed by atoms with Gasteiger partial charge in [0, 0.05) is 37.2 Å². The molecule has 128 valence electrons. The molecule has 3 N–H and O–H groups in total. The van der Waals surface area contributed by atoms with Gasteiger partial charge in [0.2, 0.25) is 0 Å². The van der Waals surface area contributed by atoms with Crippen molar-refractivity contribution in [3.63, 3.8) is 0 Å². The Bertz CT molecular complexity index is 334. The van der Waals surface area contributed by atoms with Crippen molar-refractivity contribution in [1.29, 1.82) is 0 Å². The van der Waals surface area contributed by atoms with Crippen LogP contribution in [0.4, 0.5) is 0 Å². The summed E-state index contributed by atoms with van der Waals surface area (Å²) in [5, 5.41) is 9.94. The number of hydrogen-bond donors (Lipinski definition) is 2. The number of nitrogens with zero attached hydrogens (tertiary/aromatic N) is 1. The van der Waals surface area contributed by atoms with Gasteiger partial charge in [-0.1, -0.05) is 51.4 Å². The van der Waals surface area contributed by atoms with Gasteiger partial charge in [-0.05, 0) is 31.6 Å². The molecule has 0 amide bonds. The average molecular weight is 309 g/mol. The van der Waals surface area contributed by atoms with Crippen LogP contribution in [0.5, 0.6) is 0 Å². The summed E-state index contributed by atoms with van der Waals surface area (Å²) in [4.78, 5) is 2.67. The Balaban J connectivity index is 1.67. The van der Waals surface area contributed by atoms with Gasteiger partial charge in [-0.15, -0.1) is 0 Å². The van der Waals surface area contributed by atoms with Crippen LogP contribution in [0.25, 0.3) is 0 Å². The number of aliphatic hydroxyl groups is 1. The highest BCUT2D eigenvalue weighted by atomic mass is 16.3. The van der Waals surface area contributed by atoms with Crippen LogP contribution >= 0.6 is 0 Å². The molecule has 0 bridgehead atoms. The van der Waals surface area contributed by atoms with Crippen molar-refractivity contribution in [3.05, 3.63) is 0 Å². The number of hydrogen-bond acceptors (Lipinski definition) is 3. The second kappa shape index (κ2) is 7.63. The Morgan fingerprint density at radius 1 is 0.864 bits per heavy atom. The fraction of sp³-hybridized carbons (Fsp3) is 1.00. The topological polar surface area (TPSA) is 49.5 Å². The van der Waals surface area contributed by atoms with Crippen molar-refractivity contribution in [2.45, 2.75) is 88.6 Å². The number of rotatable bonds is 3. The lowest BCUT2D eigenvalue weighted by atomic mass is 9.70. The predicted octanol–water partition coefficient (Wildman–Crippen LogP) is 3.30. The van der Waals surface area contributed by atoms with Gasteiger partial charge in [0.25, 0.3) is 0 Å². The van der Waals surface area contributed by atoms with E-state index in [0.717, 1.165) is 19.1 Å². The third-order valence-electron chi connectivity index (χ3n) is 6.87. The van der Waals surface area contributed by atoms with Crippen molar-refractivity contribution in [3.8, 4) is 0 Å². The van der Waals surface area contributed by atoms with E-state index in [2.05, 4.69) is 4.90 Å². The molecular weight excluding hydrogens is 272 g/mol. The zero-order valence-corrected chi connectivity index (χ0v) is 14.3. The first-order valence-electron chi connectivity index (χ1n) is 9.88. The van der Waals surface area contributed by atoms with Crippen LogP contribution in [0.15, 0.2) is 0 Å². The third-order valence-corrected chi connectivity index (χ3v) is 6.87. The molecule has 22 heavy (non-hydrogen) atoms. The Kier molecular flexibility index (Phi) is 5.80. The summed E-state index contributed by atoms with van der Waals surface area (Å²) < 4.78 is 0. The van der Waals surface area contributed by atoms with Gasteiger partial charge in [0.1, 0.15) is 0 Å². The molecule has 0 spiro atoms.